The summed E-state index contributed by atoms with van der Waals surface area (Å²) in [4.78, 5) is 9.97. The Kier molecular flexibility index (Phi) is 3.13. The molecule has 0 unspecified atom stereocenters. The van der Waals surface area contributed by atoms with E-state index in [-0.39, 0.29) is 0 Å². The maximum absolute atomic E-state index is 5.81. The number of hydrogen-bond donors (Lipinski definition) is 1. The van der Waals surface area contributed by atoms with Gasteiger partial charge in [-0.15, -0.1) is 0 Å². The van der Waals surface area contributed by atoms with Gasteiger partial charge in [-0.3, -0.25) is 4.90 Å². The van der Waals surface area contributed by atoms with Crippen LogP contribution < -0.4 is 10.6 Å². The van der Waals surface area contributed by atoms with Gasteiger partial charge in [-0.1, -0.05) is 0 Å². The number of nitrogens with two attached hydrogens (primary N) is 1. The van der Waals surface area contributed by atoms with E-state index in [0.29, 0.717) is 6.54 Å². The van der Waals surface area contributed by atoms with Crippen molar-refractivity contribution in [3.8, 4) is 0 Å². The zero-order valence-electron chi connectivity index (χ0n) is 13.6. The van der Waals surface area contributed by atoms with E-state index in [1.54, 1.807) is 0 Å². The number of hydrogen-bond acceptors (Lipinski definition) is 4. The summed E-state index contributed by atoms with van der Waals surface area (Å²) < 4.78 is 2.21. The molecule has 2 saturated carbocycles. The van der Waals surface area contributed by atoms with Crippen LogP contribution >= 0.6 is 0 Å². The first-order chi connectivity index (χ1) is 11.3. The fourth-order valence-electron chi connectivity index (χ4n) is 3.89. The number of imidazole rings is 1. The molecular weight excluding hydrogens is 286 g/mol. The highest BCUT2D eigenvalue weighted by atomic mass is 15.3. The summed E-state index contributed by atoms with van der Waals surface area (Å²) in [7, 11) is 0. The molecule has 0 bridgehead atoms. The zero-order valence-corrected chi connectivity index (χ0v) is 13.6. The molecule has 1 aliphatic heterocycles. The van der Waals surface area contributed by atoms with E-state index in [4.69, 9.17) is 10.7 Å². The molecule has 1 saturated heterocycles. The lowest BCUT2D eigenvalue weighted by atomic mass is 10.1. The van der Waals surface area contributed by atoms with Crippen LogP contribution in [-0.4, -0.2) is 46.5 Å². The van der Waals surface area contributed by atoms with Crippen molar-refractivity contribution in [2.24, 2.45) is 5.73 Å². The first-order valence-electron chi connectivity index (χ1n) is 9.02. The molecule has 3 fully saturated rings. The Balaban J connectivity index is 1.49. The summed E-state index contributed by atoms with van der Waals surface area (Å²) in [5.41, 5.74) is 10.7. The third-order valence-corrected chi connectivity index (χ3v) is 5.58. The highest BCUT2D eigenvalue weighted by molar-refractivity contribution is 5.71. The lowest BCUT2D eigenvalue weighted by molar-refractivity contribution is 0.248. The lowest BCUT2D eigenvalue weighted by Crippen LogP contribution is -2.47. The number of fused-ring (bicyclic) bond motifs is 1. The number of rotatable bonds is 4. The predicted octanol–water partition coefficient (Wildman–Crippen LogP) is 1.95. The van der Waals surface area contributed by atoms with Crippen LogP contribution in [0.2, 0.25) is 0 Å². The molecule has 5 heteroatoms. The van der Waals surface area contributed by atoms with Crippen LogP contribution in [0.4, 0.5) is 5.69 Å². The van der Waals surface area contributed by atoms with E-state index >= 15 is 0 Å². The summed E-state index contributed by atoms with van der Waals surface area (Å²) >= 11 is 0. The third kappa shape index (κ3) is 2.52. The van der Waals surface area contributed by atoms with Gasteiger partial charge in [-0.2, -0.15) is 0 Å². The zero-order chi connectivity index (χ0) is 15.4. The van der Waals surface area contributed by atoms with Crippen molar-refractivity contribution in [2.45, 2.75) is 44.2 Å². The third-order valence-electron chi connectivity index (χ3n) is 5.58. The van der Waals surface area contributed by atoms with E-state index in [2.05, 4.69) is 32.7 Å². The molecule has 0 aromatic carbocycles. The van der Waals surface area contributed by atoms with Crippen LogP contribution in [0.5, 0.6) is 0 Å². The largest absolute Gasteiger partial charge is 0.366 e. The molecule has 0 amide bonds. The van der Waals surface area contributed by atoms with Crippen molar-refractivity contribution in [1.82, 2.24) is 14.3 Å². The van der Waals surface area contributed by atoms with Crippen LogP contribution in [0.1, 0.15) is 42.9 Å². The summed E-state index contributed by atoms with van der Waals surface area (Å²) in [5.74, 6) is 0.759. The Labute approximate surface area is 137 Å². The summed E-state index contributed by atoms with van der Waals surface area (Å²) in [5, 5.41) is 0. The standard InChI is InChI=1S/C18H25N5/c19-10-15-12-23-11-14(13-1-2-13)9-17(18(23)20-15)22-7-5-21(6-8-22)16-3-4-16/h9,11-13,16H,1-8,10,19H2. The predicted molar refractivity (Wildman–Crippen MR) is 91.9 cm³/mol. The van der Waals surface area contributed by atoms with Crippen LogP contribution in [0.25, 0.3) is 5.65 Å². The summed E-state index contributed by atoms with van der Waals surface area (Å²) in [6.07, 6.45) is 9.84. The number of aromatic nitrogens is 2. The van der Waals surface area contributed by atoms with E-state index in [1.165, 1.54) is 50.0 Å². The molecule has 0 radical (unpaired) electrons. The first-order valence-corrected chi connectivity index (χ1v) is 9.02. The molecule has 0 atom stereocenters. The second-order valence-electron chi connectivity index (χ2n) is 7.35. The average Bonchev–Trinajstić information content (AvgIpc) is 3.49. The van der Waals surface area contributed by atoms with Gasteiger partial charge in [0, 0.05) is 51.2 Å². The molecule has 5 rings (SSSR count). The Morgan fingerprint density at radius 1 is 1.04 bits per heavy atom. The Morgan fingerprint density at radius 2 is 1.83 bits per heavy atom. The van der Waals surface area contributed by atoms with Crippen LogP contribution in [0, 0.1) is 0 Å². The molecule has 0 spiro atoms. The van der Waals surface area contributed by atoms with Crippen molar-refractivity contribution in [3.05, 3.63) is 29.7 Å². The molecule has 2 aromatic heterocycles. The molecule has 3 heterocycles. The Bertz CT molecular complexity index is 720. The fourth-order valence-corrected chi connectivity index (χ4v) is 3.89. The monoisotopic (exact) mass is 311 g/mol. The number of nitrogens with zero attached hydrogens (tertiary/aromatic N) is 4. The van der Waals surface area contributed by atoms with Gasteiger partial charge >= 0.3 is 0 Å². The topological polar surface area (TPSA) is 49.8 Å². The van der Waals surface area contributed by atoms with Gasteiger partial charge in [0.2, 0.25) is 0 Å². The normalized spacial score (nSPS) is 22.9. The van der Waals surface area contributed by atoms with Crippen molar-refractivity contribution >= 4 is 11.3 Å². The van der Waals surface area contributed by atoms with Gasteiger partial charge < -0.3 is 15.0 Å². The number of anilines is 1. The van der Waals surface area contributed by atoms with E-state index in [9.17, 15) is 0 Å². The lowest BCUT2D eigenvalue weighted by Gasteiger charge is -2.36. The van der Waals surface area contributed by atoms with Crippen LogP contribution in [0.15, 0.2) is 18.5 Å². The van der Waals surface area contributed by atoms with Gasteiger partial charge in [0.25, 0.3) is 0 Å². The van der Waals surface area contributed by atoms with Crippen molar-refractivity contribution in [1.29, 1.82) is 0 Å². The van der Waals surface area contributed by atoms with Gasteiger partial charge in [0.05, 0.1) is 11.4 Å². The first kappa shape index (κ1) is 13.8. The highest BCUT2D eigenvalue weighted by Crippen LogP contribution is 2.42. The minimum absolute atomic E-state index is 0.509. The second kappa shape index (κ2) is 5.21. The van der Waals surface area contributed by atoms with E-state index in [1.807, 2.05) is 0 Å². The van der Waals surface area contributed by atoms with E-state index in [0.717, 1.165) is 36.4 Å². The molecule has 23 heavy (non-hydrogen) atoms. The summed E-state index contributed by atoms with van der Waals surface area (Å²) in [6.45, 7) is 5.12. The molecule has 3 aliphatic rings. The molecule has 2 aromatic rings. The highest BCUT2D eigenvalue weighted by Gasteiger charge is 2.32. The number of piperazine rings is 1. The molecule has 122 valence electrons. The molecular formula is C18H25N5. The molecule has 5 nitrogen and oxygen atoms in total. The van der Waals surface area contributed by atoms with Crippen LogP contribution in [-0.2, 0) is 6.54 Å². The maximum atomic E-state index is 5.81. The van der Waals surface area contributed by atoms with Crippen molar-refractivity contribution in [2.75, 3.05) is 31.1 Å². The Morgan fingerprint density at radius 3 is 2.48 bits per heavy atom. The van der Waals surface area contributed by atoms with Crippen LogP contribution in [0.3, 0.4) is 0 Å². The molecule has 2 N–H and O–H groups in total. The Hall–Kier alpha value is -1.59. The molecule has 2 aliphatic carbocycles. The van der Waals surface area contributed by atoms with Gasteiger partial charge in [-0.25, -0.2) is 4.98 Å². The smallest absolute Gasteiger partial charge is 0.160 e. The summed E-state index contributed by atoms with van der Waals surface area (Å²) in [6, 6.07) is 3.28. The number of pyridine rings is 1. The van der Waals surface area contributed by atoms with Crippen molar-refractivity contribution in [3.63, 3.8) is 0 Å². The fraction of sp³-hybridized carbons (Fsp3) is 0.611. The van der Waals surface area contributed by atoms with Gasteiger partial charge in [0.15, 0.2) is 5.65 Å². The van der Waals surface area contributed by atoms with Gasteiger partial charge in [0.1, 0.15) is 0 Å². The average molecular weight is 311 g/mol. The maximum Gasteiger partial charge on any atom is 0.160 e. The van der Waals surface area contributed by atoms with Crippen molar-refractivity contribution < 1.29 is 0 Å². The van der Waals surface area contributed by atoms with E-state index < -0.39 is 0 Å². The minimum Gasteiger partial charge on any atom is -0.366 e. The quantitative estimate of drug-likeness (QED) is 0.938. The SMILES string of the molecule is NCc1cn2cc(C3CC3)cc(N3CCN(C4CC4)CC3)c2n1. The second-order valence-corrected chi connectivity index (χ2v) is 7.35. The minimum atomic E-state index is 0.509. The van der Waals surface area contributed by atoms with Gasteiger partial charge in [-0.05, 0) is 43.2 Å².